The molecule has 0 N–H and O–H groups in total. The van der Waals surface area contributed by atoms with Crippen LogP contribution in [0.5, 0.6) is 0 Å². The van der Waals surface area contributed by atoms with E-state index in [-0.39, 0.29) is 17.8 Å². The van der Waals surface area contributed by atoms with Gasteiger partial charge in [-0.1, -0.05) is 11.8 Å². The molecule has 0 spiro atoms. The van der Waals surface area contributed by atoms with Gasteiger partial charge in [-0.15, -0.1) is 11.3 Å². The molecule has 1 aliphatic carbocycles. The lowest BCUT2D eigenvalue weighted by molar-refractivity contribution is 0.0937. The first-order chi connectivity index (χ1) is 13.3. The number of aromatic nitrogens is 2. The van der Waals surface area contributed by atoms with Crippen LogP contribution in [0.15, 0.2) is 9.95 Å². The summed E-state index contributed by atoms with van der Waals surface area (Å²) in [7, 11) is 0. The first-order valence-electron chi connectivity index (χ1n) is 10.2. The van der Waals surface area contributed by atoms with E-state index >= 15 is 0 Å². The van der Waals surface area contributed by atoms with Crippen molar-refractivity contribution in [1.82, 2.24) is 9.55 Å². The van der Waals surface area contributed by atoms with E-state index in [0.29, 0.717) is 6.54 Å². The van der Waals surface area contributed by atoms with Crippen LogP contribution in [0.4, 0.5) is 0 Å². The van der Waals surface area contributed by atoms with Gasteiger partial charge >= 0.3 is 0 Å². The molecule has 146 valence electrons. The van der Waals surface area contributed by atoms with E-state index in [1.165, 1.54) is 23.3 Å². The van der Waals surface area contributed by atoms with Crippen molar-refractivity contribution >= 4 is 33.3 Å². The summed E-state index contributed by atoms with van der Waals surface area (Å²) in [6.07, 6.45) is 9.31. The van der Waals surface area contributed by atoms with Crippen LogP contribution in [0.25, 0.3) is 10.2 Å². The minimum atomic E-state index is 0.137. The predicted molar refractivity (Wildman–Crippen MR) is 109 cm³/mol. The molecule has 2 fully saturated rings. The molecule has 5 nitrogen and oxygen atoms in total. The lowest BCUT2D eigenvalue weighted by atomic mass is 9.97. The number of thiophene rings is 1. The third kappa shape index (κ3) is 3.59. The van der Waals surface area contributed by atoms with E-state index in [1.807, 2.05) is 4.57 Å². The molecule has 0 amide bonds. The fourth-order valence-electron chi connectivity index (χ4n) is 4.43. The van der Waals surface area contributed by atoms with Gasteiger partial charge in [0, 0.05) is 23.8 Å². The molecule has 0 saturated carbocycles. The third-order valence-electron chi connectivity index (χ3n) is 5.87. The highest BCUT2D eigenvalue weighted by molar-refractivity contribution is 7.99. The summed E-state index contributed by atoms with van der Waals surface area (Å²) in [6.45, 7) is 2.29. The number of fused-ring (bicyclic) bond motifs is 3. The summed E-state index contributed by atoms with van der Waals surface area (Å²) >= 11 is 3.42. The minimum absolute atomic E-state index is 0.137. The average molecular weight is 407 g/mol. The normalized spacial score (nSPS) is 25.3. The van der Waals surface area contributed by atoms with E-state index in [1.54, 1.807) is 23.1 Å². The maximum atomic E-state index is 13.5. The average Bonchev–Trinajstić information content (AvgIpc) is 3.43. The first kappa shape index (κ1) is 18.2. The van der Waals surface area contributed by atoms with Crippen LogP contribution in [0, 0.1) is 0 Å². The molecule has 2 aliphatic heterocycles. The lowest BCUT2D eigenvalue weighted by Gasteiger charge is -2.17. The molecular formula is C20H26N2O3S2. The van der Waals surface area contributed by atoms with Gasteiger partial charge in [-0.05, 0) is 56.9 Å². The summed E-state index contributed by atoms with van der Waals surface area (Å²) in [4.78, 5) is 20.8. The Morgan fingerprint density at radius 3 is 2.63 bits per heavy atom. The fraction of sp³-hybridized carbons (Fsp3) is 0.700. The Morgan fingerprint density at radius 2 is 1.85 bits per heavy atom. The van der Waals surface area contributed by atoms with Crippen molar-refractivity contribution in [2.75, 3.05) is 19.0 Å². The second-order valence-corrected chi connectivity index (χ2v) is 9.85. The zero-order chi connectivity index (χ0) is 18.2. The predicted octanol–water partition coefficient (Wildman–Crippen LogP) is 3.79. The zero-order valence-corrected chi connectivity index (χ0v) is 17.2. The molecular weight excluding hydrogens is 380 g/mol. The quantitative estimate of drug-likeness (QED) is 0.559. The zero-order valence-electron chi connectivity index (χ0n) is 15.6. The maximum Gasteiger partial charge on any atom is 0.263 e. The molecule has 2 saturated heterocycles. The van der Waals surface area contributed by atoms with Crippen LogP contribution >= 0.6 is 23.1 Å². The van der Waals surface area contributed by atoms with E-state index in [2.05, 4.69) is 0 Å². The van der Waals surface area contributed by atoms with Crippen molar-refractivity contribution < 1.29 is 9.47 Å². The Kier molecular flexibility index (Phi) is 5.28. The maximum absolute atomic E-state index is 13.5. The van der Waals surface area contributed by atoms with Crippen LogP contribution in [-0.4, -0.2) is 40.7 Å². The van der Waals surface area contributed by atoms with Crippen molar-refractivity contribution in [2.45, 2.75) is 75.3 Å². The first-order valence-corrected chi connectivity index (χ1v) is 12.0. The summed E-state index contributed by atoms with van der Waals surface area (Å²) in [5.74, 6) is 0.870. The molecule has 27 heavy (non-hydrogen) atoms. The molecule has 2 atom stereocenters. The van der Waals surface area contributed by atoms with E-state index in [0.717, 1.165) is 72.9 Å². The SMILES string of the molecule is O=c1c2c3c(sc2nc(SCC2CCCO2)n1CC1CCCO1)CCCC3. The van der Waals surface area contributed by atoms with Gasteiger partial charge in [-0.2, -0.15) is 0 Å². The number of rotatable bonds is 5. The molecule has 2 aromatic heterocycles. The number of hydrogen-bond acceptors (Lipinski definition) is 6. The Labute approximate surface area is 167 Å². The number of nitrogens with zero attached hydrogens (tertiary/aromatic N) is 2. The van der Waals surface area contributed by atoms with Gasteiger partial charge < -0.3 is 9.47 Å². The van der Waals surface area contributed by atoms with Crippen LogP contribution in [0.1, 0.15) is 49.0 Å². The number of hydrogen-bond donors (Lipinski definition) is 0. The summed E-state index contributed by atoms with van der Waals surface area (Å²) < 4.78 is 13.5. The minimum Gasteiger partial charge on any atom is -0.377 e. The smallest absolute Gasteiger partial charge is 0.263 e. The second kappa shape index (κ2) is 7.85. The van der Waals surface area contributed by atoms with Crippen LogP contribution in [0.2, 0.25) is 0 Å². The number of ether oxygens (including phenoxy) is 2. The van der Waals surface area contributed by atoms with Crippen molar-refractivity contribution in [3.05, 3.63) is 20.8 Å². The Morgan fingerprint density at radius 1 is 1.07 bits per heavy atom. The molecule has 7 heteroatoms. The van der Waals surface area contributed by atoms with Gasteiger partial charge in [-0.25, -0.2) is 4.98 Å². The van der Waals surface area contributed by atoms with Crippen molar-refractivity contribution in [2.24, 2.45) is 0 Å². The van der Waals surface area contributed by atoms with Gasteiger partial charge in [0.15, 0.2) is 5.16 Å². The lowest BCUT2D eigenvalue weighted by Crippen LogP contribution is -2.29. The van der Waals surface area contributed by atoms with Crippen LogP contribution in [-0.2, 0) is 28.9 Å². The molecule has 0 radical (unpaired) electrons. The molecule has 0 aromatic carbocycles. The van der Waals surface area contributed by atoms with Gasteiger partial charge in [-0.3, -0.25) is 9.36 Å². The van der Waals surface area contributed by atoms with E-state index < -0.39 is 0 Å². The monoisotopic (exact) mass is 406 g/mol. The van der Waals surface area contributed by atoms with Gasteiger partial charge in [0.1, 0.15) is 4.83 Å². The number of aryl methyl sites for hydroxylation is 2. The molecule has 4 heterocycles. The third-order valence-corrected chi connectivity index (χ3v) is 8.17. The van der Waals surface area contributed by atoms with Crippen molar-refractivity contribution in [3.8, 4) is 0 Å². The highest BCUT2D eigenvalue weighted by atomic mass is 32.2. The topological polar surface area (TPSA) is 53.3 Å². The Balaban J connectivity index is 1.54. The second-order valence-electron chi connectivity index (χ2n) is 7.78. The highest BCUT2D eigenvalue weighted by Crippen LogP contribution is 2.35. The van der Waals surface area contributed by atoms with Crippen molar-refractivity contribution in [3.63, 3.8) is 0 Å². The Hall–Kier alpha value is -0.890. The fourth-order valence-corrected chi connectivity index (χ4v) is 6.80. The van der Waals surface area contributed by atoms with Gasteiger partial charge in [0.25, 0.3) is 5.56 Å². The van der Waals surface area contributed by atoms with Gasteiger partial charge in [0.2, 0.25) is 0 Å². The Bertz CT molecular complexity index is 879. The number of thioether (sulfide) groups is 1. The molecule has 2 unspecified atom stereocenters. The summed E-state index contributed by atoms with van der Waals surface area (Å²) in [6, 6.07) is 0. The van der Waals surface area contributed by atoms with Gasteiger partial charge in [0.05, 0.1) is 24.1 Å². The van der Waals surface area contributed by atoms with Crippen molar-refractivity contribution in [1.29, 1.82) is 0 Å². The van der Waals surface area contributed by atoms with E-state index in [9.17, 15) is 4.79 Å². The highest BCUT2D eigenvalue weighted by Gasteiger charge is 2.25. The standard InChI is InChI=1S/C20H26N2O3S2/c23-19-17-15-7-1-2-8-16(15)27-18(17)21-20(26-12-14-6-4-10-25-14)22(19)11-13-5-3-9-24-13/h13-14H,1-12H2. The summed E-state index contributed by atoms with van der Waals surface area (Å²) in [5, 5.41) is 1.73. The molecule has 0 bridgehead atoms. The van der Waals surface area contributed by atoms with Crippen LogP contribution < -0.4 is 5.56 Å². The molecule has 3 aliphatic rings. The summed E-state index contributed by atoms with van der Waals surface area (Å²) in [5.41, 5.74) is 1.42. The van der Waals surface area contributed by atoms with Crippen LogP contribution in [0.3, 0.4) is 0 Å². The van der Waals surface area contributed by atoms with E-state index in [4.69, 9.17) is 14.5 Å². The largest absolute Gasteiger partial charge is 0.377 e. The molecule has 5 rings (SSSR count). The molecule has 2 aromatic rings.